The number of nitrogens with zero attached hydrogens (tertiary/aromatic N) is 1. The molecule has 1 heterocycles. The van der Waals surface area contributed by atoms with E-state index in [9.17, 15) is 5.11 Å². The minimum Gasteiger partial charge on any atom is -0.497 e. The second-order valence-corrected chi connectivity index (χ2v) is 6.72. The number of hydrogen-bond acceptors (Lipinski definition) is 5. The SMILES string of the molecule is COc1cc(OCC(O)CN2CCOCC2)cc(-c2cccc(Cl)c2)c1. The van der Waals surface area contributed by atoms with Gasteiger partial charge < -0.3 is 19.3 Å². The van der Waals surface area contributed by atoms with Crippen LogP contribution in [0.1, 0.15) is 0 Å². The largest absolute Gasteiger partial charge is 0.497 e. The average molecular weight is 378 g/mol. The molecule has 2 aromatic rings. The van der Waals surface area contributed by atoms with Gasteiger partial charge in [0.15, 0.2) is 0 Å². The maximum absolute atomic E-state index is 10.3. The first-order chi connectivity index (χ1) is 12.6. The Kier molecular flexibility index (Phi) is 6.74. The van der Waals surface area contributed by atoms with Gasteiger partial charge in [0.25, 0.3) is 0 Å². The number of ether oxygens (including phenoxy) is 3. The zero-order chi connectivity index (χ0) is 18.4. The van der Waals surface area contributed by atoms with E-state index in [2.05, 4.69) is 4.90 Å². The number of rotatable bonds is 7. The highest BCUT2D eigenvalue weighted by Gasteiger charge is 2.15. The summed E-state index contributed by atoms with van der Waals surface area (Å²) >= 11 is 6.09. The lowest BCUT2D eigenvalue weighted by Crippen LogP contribution is -2.42. The third kappa shape index (κ3) is 5.35. The van der Waals surface area contributed by atoms with Crippen LogP contribution in [0.4, 0.5) is 0 Å². The highest BCUT2D eigenvalue weighted by atomic mass is 35.5. The van der Waals surface area contributed by atoms with Crippen molar-refractivity contribution in [1.82, 2.24) is 4.90 Å². The second-order valence-electron chi connectivity index (χ2n) is 6.29. The zero-order valence-electron chi connectivity index (χ0n) is 14.9. The number of halogens is 1. The summed E-state index contributed by atoms with van der Waals surface area (Å²) in [5, 5.41) is 10.9. The predicted octanol–water partition coefficient (Wildman–Crippen LogP) is 3.09. The number of aliphatic hydroxyl groups excluding tert-OH is 1. The van der Waals surface area contributed by atoms with Crippen LogP contribution in [0.2, 0.25) is 5.02 Å². The Bertz CT molecular complexity index is 719. The van der Waals surface area contributed by atoms with Crippen LogP contribution >= 0.6 is 11.6 Å². The molecule has 1 atom stereocenters. The van der Waals surface area contributed by atoms with Crippen LogP contribution in [0.5, 0.6) is 11.5 Å². The topological polar surface area (TPSA) is 51.2 Å². The maximum atomic E-state index is 10.3. The number of aliphatic hydroxyl groups is 1. The fraction of sp³-hybridized carbons (Fsp3) is 0.400. The van der Waals surface area contributed by atoms with Gasteiger partial charge >= 0.3 is 0 Å². The number of morpholine rings is 1. The lowest BCUT2D eigenvalue weighted by molar-refractivity contribution is 0.00464. The van der Waals surface area contributed by atoms with Gasteiger partial charge in [-0.25, -0.2) is 0 Å². The first kappa shape index (κ1) is 19.0. The Morgan fingerprint density at radius 1 is 1.12 bits per heavy atom. The van der Waals surface area contributed by atoms with Crippen molar-refractivity contribution in [2.45, 2.75) is 6.10 Å². The Labute approximate surface area is 159 Å². The molecule has 0 amide bonds. The first-order valence-corrected chi connectivity index (χ1v) is 9.08. The zero-order valence-corrected chi connectivity index (χ0v) is 15.6. The summed E-state index contributed by atoms with van der Waals surface area (Å²) in [6, 6.07) is 13.3. The molecule has 1 saturated heterocycles. The maximum Gasteiger partial charge on any atom is 0.123 e. The van der Waals surface area contributed by atoms with Crippen LogP contribution in [-0.4, -0.2) is 62.7 Å². The van der Waals surface area contributed by atoms with Crippen molar-refractivity contribution >= 4 is 11.6 Å². The van der Waals surface area contributed by atoms with Crippen molar-refractivity contribution in [3.05, 3.63) is 47.5 Å². The van der Waals surface area contributed by atoms with Crippen molar-refractivity contribution in [3.63, 3.8) is 0 Å². The molecule has 1 aliphatic heterocycles. The van der Waals surface area contributed by atoms with E-state index in [1.807, 2.05) is 42.5 Å². The van der Waals surface area contributed by atoms with E-state index in [-0.39, 0.29) is 6.61 Å². The molecule has 1 aliphatic rings. The Balaban J connectivity index is 1.66. The molecule has 1 unspecified atom stereocenters. The monoisotopic (exact) mass is 377 g/mol. The molecule has 0 saturated carbocycles. The van der Waals surface area contributed by atoms with Crippen LogP contribution in [0.25, 0.3) is 11.1 Å². The van der Waals surface area contributed by atoms with E-state index >= 15 is 0 Å². The molecular weight excluding hydrogens is 354 g/mol. The predicted molar refractivity (Wildman–Crippen MR) is 102 cm³/mol. The summed E-state index contributed by atoms with van der Waals surface area (Å²) in [7, 11) is 1.62. The van der Waals surface area contributed by atoms with E-state index in [1.54, 1.807) is 7.11 Å². The van der Waals surface area contributed by atoms with Gasteiger partial charge in [0.2, 0.25) is 0 Å². The average Bonchev–Trinajstić information content (AvgIpc) is 2.67. The van der Waals surface area contributed by atoms with Gasteiger partial charge in [-0.15, -0.1) is 0 Å². The van der Waals surface area contributed by atoms with Crippen LogP contribution < -0.4 is 9.47 Å². The van der Waals surface area contributed by atoms with Crippen LogP contribution in [0, 0.1) is 0 Å². The lowest BCUT2D eigenvalue weighted by atomic mass is 10.1. The molecule has 26 heavy (non-hydrogen) atoms. The van der Waals surface area contributed by atoms with Gasteiger partial charge in [0.1, 0.15) is 24.2 Å². The third-order valence-corrected chi connectivity index (χ3v) is 4.52. The molecule has 1 fully saturated rings. The van der Waals surface area contributed by atoms with Crippen molar-refractivity contribution in [2.24, 2.45) is 0 Å². The molecule has 1 N–H and O–H groups in total. The molecule has 0 aliphatic carbocycles. The summed E-state index contributed by atoms with van der Waals surface area (Å²) in [5.41, 5.74) is 1.93. The highest BCUT2D eigenvalue weighted by Crippen LogP contribution is 2.31. The van der Waals surface area contributed by atoms with Gasteiger partial charge in [-0.2, -0.15) is 0 Å². The molecule has 5 nitrogen and oxygen atoms in total. The molecule has 0 aromatic heterocycles. The number of methoxy groups -OCH3 is 1. The van der Waals surface area contributed by atoms with Gasteiger partial charge in [-0.05, 0) is 35.4 Å². The van der Waals surface area contributed by atoms with E-state index in [4.69, 9.17) is 25.8 Å². The molecule has 140 valence electrons. The summed E-state index contributed by atoms with van der Waals surface area (Å²) in [4.78, 5) is 2.18. The van der Waals surface area contributed by atoms with Crippen molar-refractivity contribution in [2.75, 3.05) is 46.6 Å². The fourth-order valence-electron chi connectivity index (χ4n) is 2.93. The molecule has 0 bridgehead atoms. The Morgan fingerprint density at radius 2 is 1.88 bits per heavy atom. The molecule has 0 radical (unpaired) electrons. The van der Waals surface area contributed by atoms with Gasteiger partial charge in [0.05, 0.1) is 20.3 Å². The van der Waals surface area contributed by atoms with Gasteiger partial charge in [-0.3, -0.25) is 4.90 Å². The minimum absolute atomic E-state index is 0.222. The number of hydrogen-bond donors (Lipinski definition) is 1. The standard InChI is InChI=1S/C20H24ClNO4/c1-24-19-10-16(15-3-2-4-17(21)9-15)11-20(12-19)26-14-18(23)13-22-5-7-25-8-6-22/h2-4,9-12,18,23H,5-8,13-14H2,1H3. The Morgan fingerprint density at radius 3 is 2.62 bits per heavy atom. The lowest BCUT2D eigenvalue weighted by Gasteiger charge is -2.28. The van der Waals surface area contributed by atoms with E-state index in [0.717, 1.165) is 24.2 Å². The number of β-amino-alcohol motifs (C(OH)–C–C–N with tert-alkyl or cyclic N) is 1. The van der Waals surface area contributed by atoms with Crippen LogP contribution in [-0.2, 0) is 4.74 Å². The highest BCUT2D eigenvalue weighted by molar-refractivity contribution is 6.30. The molecule has 0 spiro atoms. The van der Waals surface area contributed by atoms with Crippen molar-refractivity contribution in [1.29, 1.82) is 0 Å². The first-order valence-electron chi connectivity index (χ1n) is 8.70. The summed E-state index contributed by atoms with van der Waals surface area (Å²) < 4.78 is 16.5. The van der Waals surface area contributed by atoms with Crippen molar-refractivity contribution in [3.8, 4) is 22.6 Å². The van der Waals surface area contributed by atoms with Crippen LogP contribution in [0.15, 0.2) is 42.5 Å². The Hall–Kier alpha value is -1.79. The van der Waals surface area contributed by atoms with Crippen LogP contribution in [0.3, 0.4) is 0 Å². The van der Waals surface area contributed by atoms with Gasteiger partial charge in [0, 0.05) is 30.7 Å². The molecular formula is C20H24ClNO4. The van der Waals surface area contributed by atoms with E-state index in [0.29, 0.717) is 36.3 Å². The summed E-state index contributed by atoms with van der Waals surface area (Å²) in [6.07, 6.45) is -0.561. The van der Waals surface area contributed by atoms with Gasteiger partial charge in [-0.1, -0.05) is 23.7 Å². The van der Waals surface area contributed by atoms with E-state index < -0.39 is 6.10 Å². The quantitative estimate of drug-likeness (QED) is 0.803. The minimum atomic E-state index is -0.561. The normalized spacial score (nSPS) is 16.3. The fourth-order valence-corrected chi connectivity index (χ4v) is 3.12. The third-order valence-electron chi connectivity index (χ3n) is 4.29. The summed E-state index contributed by atoms with van der Waals surface area (Å²) in [6.45, 7) is 3.91. The van der Waals surface area contributed by atoms with E-state index in [1.165, 1.54) is 0 Å². The second kappa shape index (κ2) is 9.24. The van der Waals surface area contributed by atoms with Crippen molar-refractivity contribution < 1.29 is 19.3 Å². The summed E-state index contributed by atoms with van der Waals surface area (Å²) in [5.74, 6) is 1.35. The number of benzene rings is 2. The smallest absolute Gasteiger partial charge is 0.123 e. The molecule has 6 heteroatoms. The molecule has 2 aromatic carbocycles. The molecule has 3 rings (SSSR count).